The number of halogens is 3. The third-order valence-corrected chi connectivity index (χ3v) is 5.52. The molecule has 2 rings (SSSR count). The average molecular weight is 312 g/mol. The minimum Gasteiger partial charge on any atom is -0.360 e. The number of nitrogens with zero attached hydrogens (tertiary/aromatic N) is 2. The van der Waals surface area contributed by atoms with Crippen LogP contribution in [0.5, 0.6) is 0 Å². The minimum atomic E-state index is -4.38. The van der Waals surface area contributed by atoms with Crippen LogP contribution >= 0.6 is 0 Å². The van der Waals surface area contributed by atoms with Gasteiger partial charge in [0.05, 0.1) is 5.92 Å². The van der Waals surface area contributed by atoms with Crippen molar-refractivity contribution in [3.05, 3.63) is 11.5 Å². The number of sulfonamides is 1. The van der Waals surface area contributed by atoms with Gasteiger partial charge in [0, 0.05) is 13.1 Å². The Kier molecular flexibility index (Phi) is 3.85. The molecule has 0 N–H and O–H groups in total. The number of rotatable bonds is 2. The highest BCUT2D eigenvalue weighted by Gasteiger charge is 2.45. The molecule has 1 aromatic heterocycles. The molecule has 5 nitrogen and oxygen atoms in total. The van der Waals surface area contributed by atoms with Crippen LogP contribution in [0.15, 0.2) is 9.42 Å². The van der Waals surface area contributed by atoms with E-state index >= 15 is 0 Å². The van der Waals surface area contributed by atoms with E-state index < -0.39 is 28.7 Å². The van der Waals surface area contributed by atoms with Gasteiger partial charge in [-0.15, -0.1) is 0 Å². The lowest BCUT2D eigenvalue weighted by Crippen LogP contribution is -2.44. The van der Waals surface area contributed by atoms with Crippen LogP contribution in [0.25, 0.3) is 0 Å². The molecule has 1 unspecified atom stereocenters. The standard InChI is InChI=1S/C11H15F3N2O3S/c1-7-10(8(2)19-15-7)20(17,18)16-5-3-4-9(6-16)11(12,13)14/h9H,3-6H2,1-2H3. The van der Waals surface area contributed by atoms with E-state index in [4.69, 9.17) is 4.52 Å². The summed E-state index contributed by atoms with van der Waals surface area (Å²) in [6, 6.07) is 0. The van der Waals surface area contributed by atoms with Crippen molar-refractivity contribution in [2.45, 2.75) is 37.8 Å². The first-order valence-electron chi connectivity index (χ1n) is 6.13. The van der Waals surface area contributed by atoms with E-state index in [-0.39, 0.29) is 35.7 Å². The van der Waals surface area contributed by atoms with Gasteiger partial charge in [-0.3, -0.25) is 0 Å². The molecular weight excluding hydrogens is 297 g/mol. The monoisotopic (exact) mass is 312 g/mol. The van der Waals surface area contributed by atoms with Crippen LogP contribution in [0.4, 0.5) is 13.2 Å². The van der Waals surface area contributed by atoms with Crippen LogP contribution in [0.3, 0.4) is 0 Å². The number of aromatic nitrogens is 1. The largest absolute Gasteiger partial charge is 0.393 e. The number of hydrogen-bond acceptors (Lipinski definition) is 4. The molecule has 0 aromatic carbocycles. The Morgan fingerprint density at radius 2 is 2.00 bits per heavy atom. The van der Waals surface area contributed by atoms with E-state index in [1.165, 1.54) is 13.8 Å². The first kappa shape index (κ1) is 15.3. The molecule has 0 aliphatic carbocycles. The zero-order valence-corrected chi connectivity index (χ0v) is 11.9. The van der Waals surface area contributed by atoms with E-state index in [1.54, 1.807) is 0 Å². The maximum Gasteiger partial charge on any atom is 0.393 e. The van der Waals surface area contributed by atoms with Gasteiger partial charge in [0.25, 0.3) is 0 Å². The molecule has 0 saturated carbocycles. The zero-order chi connectivity index (χ0) is 15.1. The summed E-state index contributed by atoms with van der Waals surface area (Å²) in [6.07, 6.45) is -4.24. The summed E-state index contributed by atoms with van der Waals surface area (Å²) in [4.78, 5) is -0.125. The minimum absolute atomic E-state index is 0.0445. The highest BCUT2D eigenvalue weighted by atomic mass is 32.2. The van der Waals surface area contributed by atoms with Crippen LogP contribution < -0.4 is 0 Å². The van der Waals surface area contributed by atoms with E-state index in [2.05, 4.69) is 5.16 Å². The number of hydrogen-bond donors (Lipinski definition) is 0. The SMILES string of the molecule is Cc1noc(C)c1S(=O)(=O)N1CCCC(C(F)(F)F)C1. The van der Waals surface area contributed by atoms with Crippen LogP contribution in [-0.2, 0) is 10.0 Å². The van der Waals surface area contributed by atoms with Crippen LogP contribution in [0.1, 0.15) is 24.3 Å². The Labute approximate surface area is 114 Å². The second kappa shape index (κ2) is 5.03. The Morgan fingerprint density at radius 3 is 2.50 bits per heavy atom. The van der Waals surface area contributed by atoms with Gasteiger partial charge in [0.1, 0.15) is 10.6 Å². The van der Waals surface area contributed by atoms with Crippen molar-refractivity contribution in [1.82, 2.24) is 9.46 Å². The summed E-state index contributed by atoms with van der Waals surface area (Å²) >= 11 is 0. The summed E-state index contributed by atoms with van der Waals surface area (Å²) in [6.45, 7) is 2.42. The quantitative estimate of drug-likeness (QED) is 0.840. The van der Waals surface area contributed by atoms with Crippen molar-refractivity contribution in [2.24, 2.45) is 5.92 Å². The average Bonchev–Trinajstić information content (AvgIpc) is 2.68. The van der Waals surface area contributed by atoms with Gasteiger partial charge in [-0.2, -0.15) is 17.5 Å². The molecule has 20 heavy (non-hydrogen) atoms. The van der Waals surface area contributed by atoms with E-state index in [0.29, 0.717) is 0 Å². The fourth-order valence-electron chi connectivity index (χ4n) is 2.40. The van der Waals surface area contributed by atoms with Crippen molar-refractivity contribution >= 4 is 10.0 Å². The first-order chi connectivity index (χ1) is 9.14. The van der Waals surface area contributed by atoms with Crippen molar-refractivity contribution in [3.8, 4) is 0 Å². The molecule has 1 atom stereocenters. The summed E-state index contributed by atoms with van der Waals surface area (Å²) in [5.41, 5.74) is 0.164. The van der Waals surface area contributed by atoms with E-state index in [1.807, 2.05) is 0 Å². The molecule has 0 bridgehead atoms. The van der Waals surface area contributed by atoms with Crippen LogP contribution in [0.2, 0.25) is 0 Å². The molecular formula is C11H15F3N2O3S. The van der Waals surface area contributed by atoms with E-state index in [9.17, 15) is 21.6 Å². The van der Waals surface area contributed by atoms with Gasteiger partial charge in [-0.05, 0) is 26.7 Å². The Bertz CT molecular complexity index is 575. The van der Waals surface area contributed by atoms with Crippen molar-refractivity contribution in [1.29, 1.82) is 0 Å². The molecule has 1 fully saturated rings. The normalized spacial score (nSPS) is 22.1. The maximum atomic E-state index is 12.8. The van der Waals surface area contributed by atoms with Crippen LogP contribution in [0, 0.1) is 19.8 Å². The summed E-state index contributed by atoms with van der Waals surface area (Å²) in [7, 11) is -4.00. The molecule has 1 aliphatic heterocycles. The summed E-state index contributed by atoms with van der Waals surface area (Å²) in [5.74, 6) is -1.52. The summed E-state index contributed by atoms with van der Waals surface area (Å²) < 4.78 is 68.8. The Morgan fingerprint density at radius 1 is 1.35 bits per heavy atom. The number of aryl methyl sites for hydroxylation is 2. The predicted molar refractivity (Wildman–Crippen MR) is 63.5 cm³/mol. The highest BCUT2D eigenvalue weighted by Crippen LogP contribution is 2.35. The highest BCUT2D eigenvalue weighted by molar-refractivity contribution is 7.89. The van der Waals surface area contributed by atoms with Crippen molar-refractivity contribution in [2.75, 3.05) is 13.1 Å². The van der Waals surface area contributed by atoms with Crippen LogP contribution in [-0.4, -0.2) is 37.1 Å². The summed E-state index contributed by atoms with van der Waals surface area (Å²) in [5, 5.41) is 3.54. The molecule has 0 amide bonds. The Balaban J connectivity index is 2.31. The molecule has 2 heterocycles. The topological polar surface area (TPSA) is 63.4 Å². The predicted octanol–water partition coefficient (Wildman–Crippen LogP) is 2.25. The van der Waals surface area contributed by atoms with Crippen molar-refractivity contribution < 1.29 is 26.1 Å². The van der Waals surface area contributed by atoms with Gasteiger partial charge in [0.15, 0.2) is 5.76 Å². The molecule has 9 heteroatoms. The van der Waals surface area contributed by atoms with Crippen molar-refractivity contribution in [3.63, 3.8) is 0 Å². The number of piperidine rings is 1. The molecule has 1 aromatic rings. The van der Waals surface area contributed by atoms with Gasteiger partial charge in [-0.1, -0.05) is 5.16 Å². The van der Waals surface area contributed by atoms with Gasteiger partial charge in [-0.25, -0.2) is 8.42 Å². The number of alkyl halides is 3. The lowest BCUT2D eigenvalue weighted by atomic mass is 9.99. The van der Waals surface area contributed by atoms with E-state index in [0.717, 1.165) is 4.31 Å². The smallest absolute Gasteiger partial charge is 0.360 e. The third-order valence-electron chi connectivity index (χ3n) is 3.41. The van der Waals surface area contributed by atoms with Gasteiger partial charge < -0.3 is 4.52 Å². The van der Waals surface area contributed by atoms with Gasteiger partial charge >= 0.3 is 6.18 Å². The zero-order valence-electron chi connectivity index (χ0n) is 11.1. The first-order valence-corrected chi connectivity index (χ1v) is 7.57. The maximum absolute atomic E-state index is 12.8. The fraction of sp³-hybridized carbons (Fsp3) is 0.727. The fourth-order valence-corrected chi connectivity index (χ4v) is 4.21. The molecule has 1 aliphatic rings. The lowest BCUT2D eigenvalue weighted by molar-refractivity contribution is -0.182. The second-order valence-corrected chi connectivity index (χ2v) is 6.77. The molecule has 1 saturated heterocycles. The third kappa shape index (κ3) is 2.69. The second-order valence-electron chi connectivity index (χ2n) is 4.90. The Hall–Kier alpha value is -1.09. The molecule has 0 radical (unpaired) electrons. The molecule has 0 spiro atoms. The van der Waals surface area contributed by atoms with Gasteiger partial charge in [0.2, 0.25) is 10.0 Å². The lowest BCUT2D eigenvalue weighted by Gasteiger charge is -2.32. The molecule has 114 valence electrons.